The van der Waals surface area contributed by atoms with Gasteiger partial charge in [-0.3, -0.25) is 0 Å². The molecule has 0 radical (unpaired) electrons. The lowest BCUT2D eigenvalue weighted by molar-refractivity contribution is 0.584. The molecule has 0 amide bonds. The predicted octanol–water partition coefficient (Wildman–Crippen LogP) is 4.90. The van der Waals surface area contributed by atoms with E-state index in [-0.39, 0.29) is 11.9 Å². The van der Waals surface area contributed by atoms with Gasteiger partial charge in [-0.05, 0) is 54.3 Å². The molecule has 1 unspecified atom stereocenters. The Morgan fingerprint density at radius 1 is 0.950 bits per heavy atom. The van der Waals surface area contributed by atoms with Crippen LogP contribution in [0.1, 0.15) is 11.1 Å². The molecule has 106 valence electrons. The third-order valence-corrected chi connectivity index (χ3v) is 3.95. The van der Waals surface area contributed by atoms with Crippen LogP contribution in [0.15, 0.2) is 36.4 Å². The monoisotopic (exact) mass is 331 g/mol. The zero-order chi connectivity index (χ0) is 14.7. The second-order valence-electron chi connectivity index (χ2n) is 4.65. The first-order valence-corrected chi connectivity index (χ1v) is 7.22. The fourth-order valence-corrected chi connectivity index (χ4v) is 2.54. The van der Waals surface area contributed by atoms with Crippen LogP contribution in [0, 0.1) is 5.82 Å². The average molecular weight is 333 g/mol. The lowest BCUT2D eigenvalue weighted by atomic mass is 9.99. The van der Waals surface area contributed by atoms with Crippen molar-refractivity contribution in [2.45, 2.75) is 18.9 Å². The third kappa shape index (κ3) is 4.10. The van der Waals surface area contributed by atoms with Crippen LogP contribution in [0.3, 0.4) is 0 Å². The van der Waals surface area contributed by atoms with Gasteiger partial charge in [0.25, 0.3) is 0 Å². The van der Waals surface area contributed by atoms with E-state index in [0.717, 1.165) is 5.56 Å². The molecule has 0 aliphatic carbocycles. The Balaban J connectivity index is 2.06. The Morgan fingerprint density at radius 2 is 1.70 bits per heavy atom. The SMILES string of the molecule is NC(Cc1ccc(Cl)c(Cl)c1)Cc1cc(Cl)ccc1F. The van der Waals surface area contributed by atoms with Crippen molar-refractivity contribution in [1.29, 1.82) is 0 Å². The van der Waals surface area contributed by atoms with Crippen molar-refractivity contribution in [2.75, 3.05) is 0 Å². The van der Waals surface area contributed by atoms with E-state index in [1.807, 2.05) is 6.07 Å². The molecular weight excluding hydrogens is 320 g/mol. The van der Waals surface area contributed by atoms with E-state index in [9.17, 15) is 4.39 Å². The molecule has 0 aliphatic heterocycles. The molecule has 0 fully saturated rings. The number of halogens is 4. The van der Waals surface area contributed by atoms with Gasteiger partial charge in [-0.15, -0.1) is 0 Å². The minimum absolute atomic E-state index is 0.222. The van der Waals surface area contributed by atoms with Crippen molar-refractivity contribution in [3.63, 3.8) is 0 Å². The van der Waals surface area contributed by atoms with Gasteiger partial charge in [-0.2, -0.15) is 0 Å². The number of benzene rings is 2. The molecule has 5 heteroatoms. The molecule has 0 spiro atoms. The topological polar surface area (TPSA) is 26.0 Å². The molecule has 2 N–H and O–H groups in total. The lowest BCUT2D eigenvalue weighted by Gasteiger charge is -2.13. The highest BCUT2D eigenvalue weighted by atomic mass is 35.5. The number of rotatable bonds is 4. The Kier molecular flexibility index (Phi) is 5.28. The zero-order valence-electron chi connectivity index (χ0n) is 10.5. The summed E-state index contributed by atoms with van der Waals surface area (Å²) in [5.74, 6) is -0.293. The van der Waals surface area contributed by atoms with Crippen LogP contribution >= 0.6 is 34.8 Å². The first-order valence-electron chi connectivity index (χ1n) is 6.09. The summed E-state index contributed by atoms with van der Waals surface area (Å²) in [6, 6.07) is 9.62. The minimum atomic E-state index is -0.293. The summed E-state index contributed by atoms with van der Waals surface area (Å²) in [6.07, 6.45) is 0.996. The van der Waals surface area contributed by atoms with Gasteiger partial charge >= 0.3 is 0 Å². The van der Waals surface area contributed by atoms with E-state index >= 15 is 0 Å². The van der Waals surface area contributed by atoms with Crippen LogP contribution in [-0.4, -0.2) is 6.04 Å². The van der Waals surface area contributed by atoms with E-state index in [1.54, 1.807) is 18.2 Å². The van der Waals surface area contributed by atoms with Crippen LogP contribution in [-0.2, 0) is 12.8 Å². The zero-order valence-corrected chi connectivity index (χ0v) is 12.8. The van der Waals surface area contributed by atoms with Crippen molar-refractivity contribution < 1.29 is 4.39 Å². The van der Waals surface area contributed by atoms with E-state index in [1.165, 1.54) is 12.1 Å². The normalized spacial score (nSPS) is 12.4. The molecule has 0 saturated carbocycles. The third-order valence-electron chi connectivity index (χ3n) is 2.97. The van der Waals surface area contributed by atoms with Gasteiger partial charge in [0, 0.05) is 11.1 Å². The molecular formula is C15H13Cl3FN. The van der Waals surface area contributed by atoms with E-state index < -0.39 is 0 Å². The molecule has 1 atom stereocenters. The molecule has 20 heavy (non-hydrogen) atoms. The second-order valence-corrected chi connectivity index (χ2v) is 5.90. The van der Waals surface area contributed by atoms with Crippen LogP contribution in [0.25, 0.3) is 0 Å². The standard InChI is InChI=1S/C15H13Cl3FN/c16-11-2-4-15(19)10(7-11)8-12(20)5-9-1-3-13(17)14(18)6-9/h1-4,6-7,12H,5,8,20H2. The maximum atomic E-state index is 13.6. The highest BCUT2D eigenvalue weighted by Gasteiger charge is 2.11. The summed E-state index contributed by atoms with van der Waals surface area (Å²) in [4.78, 5) is 0. The Morgan fingerprint density at radius 3 is 2.40 bits per heavy atom. The highest BCUT2D eigenvalue weighted by Crippen LogP contribution is 2.23. The Labute approximate surface area is 132 Å². The fourth-order valence-electron chi connectivity index (χ4n) is 2.02. The molecule has 0 heterocycles. The Hall–Kier alpha value is -0.800. The van der Waals surface area contributed by atoms with Crippen molar-refractivity contribution in [3.8, 4) is 0 Å². The summed E-state index contributed by atoms with van der Waals surface area (Å²) in [6.45, 7) is 0. The van der Waals surface area contributed by atoms with Gasteiger partial charge < -0.3 is 5.73 Å². The van der Waals surface area contributed by atoms with Crippen molar-refractivity contribution >= 4 is 34.8 Å². The summed E-state index contributed by atoms with van der Waals surface area (Å²) < 4.78 is 13.6. The minimum Gasteiger partial charge on any atom is -0.327 e. The average Bonchev–Trinajstić information content (AvgIpc) is 2.38. The van der Waals surface area contributed by atoms with Crippen molar-refractivity contribution in [1.82, 2.24) is 0 Å². The van der Waals surface area contributed by atoms with Crippen LogP contribution in [0.2, 0.25) is 15.1 Å². The second kappa shape index (κ2) is 6.77. The molecule has 1 nitrogen and oxygen atoms in total. The number of nitrogens with two attached hydrogens (primary N) is 1. The molecule has 0 aliphatic rings. The van der Waals surface area contributed by atoms with Gasteiger partial charge in [0.1, 0.15) is 5.82 Å². The summed E-state index contributed by atoms with van der Waals surface area (Å²) in [5.41, 5.74) is 7.54. The first kappa shape index (κ1) is 15.6. The van der Waals surface area contributed by atoms with Gasteiger partial charge in [0.05, 0.1) is 10.0 Å². The maximum absolute atomic E-state index is 13.6. The molecule has 0 bridgehead atoms. The van der Waals surface area contributed by atoms with Gasteiger partial charge in [0.2, 0.25) is 0 Å². The Bertz CT molecular complexity index is 616. The lowest BCUT2D eigenvalue weighted by Crippen LogP contribution is -2.26. The summed E-state index contributed by atoms with van der Waals surface area (Å²) >= 11 is 17.7. The van der Waals surface area contributed by atoms with Gasteiger partial charge in [-0.1, -0.05) is 40.9 Å². The van der Waals surface area contributed by atoms with Crippen LogP contribution < -0.4 is 5.73 Å². The smallest absolute Gasteiger partial charge is 0.126 e. The van der Waals surface area contributed by atoms with Crippen molar-refractivity contribution in [2.24, 2.45) is 5.73 Å². The van der Waals surface area contributed by atoms with E-state index in [2.05, 4.69) is 0 Å². The summed E-state index contributed by atoms with van der Waals surface area (Å²) in [7, 11) is 0. The molecule has 2 rings (SSSR count). The van der Waals surface area contributed by atoms with E-state index in [0.29, 0.717) is 33.5 Å². The van der Waals surface area contributed by atoms with Gasteiger partial charge in [0.15, 0.2) is 0 Å². The number of hydrogen-bond donors (Lipinski definition) is 1. The first-order chi connectivity index (χ1) is 9.45. The molecule has 0 saturated heterocycles. The molecule has 2 aromatic carbocycles. The van der Waals surface area contributed by atoms with Crippen LogP contribution in [0.5, 0.6) is 0 Å². The predicted molar refractivity (Wildman–Crippen MR) is 83.3 cm³/mol. The fraction of sp³-hybridized carbons (Fsp3) is 0.200. The quantitative estimate of drug-likeness (QED) is 0.847. The van der Waals surface area contributed by atoms with Crippen molar-refractivity contribution in [3.05, 3.63) is 68.4 Å². The van der Waals surface area contributed by atoms with E-state index in [4.69, 9.17) is 40.5 Å². The highest BCUT2D eigenvalue weighted by molar-refractivity contribution is 6.42. The molecule has 0 aromatic heterocycles. The van der Waals surface area contributed by atoms with Crippen LogP contribution in [0.4, 0.5) is 4.39 Å². The maximum Gasteiger partial charge on any atom is 0.126 e. The van der Waals surface area contributed by atoms with Gasteiger partial charge in [-0.25, -0.2) is 4.39 Å². The summed E-state index contributed by atoms with van der Waals surface area (Å²) in [5, 5.41) is 1.50. The number of hydrogen-bond acceptors (Lipinski definition) is 1. The largest absolute Gasteiger partial charge is 0.327 e. The molecule has 2 aromatic rings.